The first-order chi connectivity index (χ1) is 9.99. The lowest BCUT2D eigenvalue weighted by Crippen LogP contribution is -2.27. The van der Waals surface area contributed by atoms with Crippen LogP contribution in [0.2, 0.25) is 0 Å². The van der Waals surface area contributed by atoms with Crippen molar-refractivity contribution in [3.05, 3.63) is 53.9 Å². The molecule has 0 radical (unpaired) electrons. The first kappa shape index (κ1) is 14.8. The van der Waals surface area contributed by atoms with Gasteiger partial charge in [0.05, 0.1) is 6.04 Å². The molecule has 21 heavy (non-hydrogen) atoms. The molecule has 0 saturated carbocycles. The van der Waals surface area contributed by atoms with E-state index in [1.807, 2.05) is 37.3 Å². The summed E-state index contributed by atoms with van der Waals surface area (Å²) in [5, 5.41) is 15.7. The lowest BCUT2D eigenvalue weighted by atomic mass is 10.1. The highest BCUT2D eigenvalue weighted by molar-refractivity contribution is 5.92. The van der Waals surface area contributed by atoms with Gasteiger partial charge in [-0.15, -0.1) is 0 Å². The molecule has 1 amide bonds. The minimum Gasteiger partial charge on any atom is -0.480 e. The fourth-order valence-electron chi connectivity index (χ4n) is 1.88. The molecule has 2 unspecified atom stereocenters. The summed E-state index contributed by atoms with van der Waals surface area (Å²) in [5.74, 6) is -1.33. The standard InChI is InChI=1S/C15H17N3O3/c1-10(12-6-4-3-5-7-12)16-14(19)13-8-9-18(17-13)11(2)15(20)21/h3-11H,1-2H3,(H,16,19)(H,20,21). The van der Waals surface area contributed by atoms with Crippen LogP contribution in [0.4, 0.5) is 0 Å². The molecule has 1 aromatic carbocycles. The van der Waals surface area contributed by atoms with E-state index in [0.717, 1.165) is 5.56 Å². The van der Waals surface area contributed by atoms with Crippen LogP contribution in [0.1, 0.15) is 42.0 Å². The van der Waals surface area contributed by atoms with Crippen molar-refractivity contribution < 1.29 is 14.7 Å². The van der Waals surface area contributed by atoms with Crippen LogP contribution in [0.3, 0.4) is 0 Å². The van der Waals surface area contributed by atoms with Crippen molar-refractivity contribution in [2.75, 3.05) is 0 Å². The smallest absolute Gasteiger partial charge is 0.328 e. The molecule has 2 atom stereocenters. The first-order valence-electron chi connectivity index (χ1n) is 6.63. The molecule has 0 fully saturated rings. The quantitative estimate of drug-likeness (QED) is 0.881. The van der Waals surface area contributed by atoms with Crippen LogP contribution >= 0.6 is 0 Å². The van der Waals surface area contributed by atoms with Crippen LogP contribution in [-0.2, 0) is 4.79 Å². The van der Waals surface area contributed by atoms with Gasteiger partial charge in [0.25, 0.3) is 5.91 Å². The number of carbonyl (C=O) groups is 2. The van der Waals surface area contributed by atoms with Crippen LogP contribution < -0.4 is 5.32 Å². The second kappa shape index (κ2) is 6.21. The lowest BCUT2D eigenvalue weighted by Gasteiger charge is -2.13. The Balaban J connectivity index is 2.06. The van der Waals surface area contributed by atoms with Crippen LogP contribution in [0, 0.1) is 0 Å². The van der Waals surface area contributed by atoms with Gasteiger partial charge in [0.1, 0.15) is 11.7 Å². The van der Waals surface area contributed by atoms with Gasteiger partial charge in [-0.1, -0.05) is 30.3 Å². The summed E-state index contributed by atoms with van der Waals surface area (Å²) >= 11 is 0. The molecule has 6 heteroatoms. The monoisotopic (exact) mass is 287 g/mol. The second-order valence-corrected chi connectivity index (χ2v) is 4.80. The molecule has 0 saturated heterocycles. The molecule has 110 valence electrons. The van der Waals surface area contributed by atoms with Gasteiger partial charge in [0.15, 0.2) is 0 Å². The van der Waals surface area contributed by atoms with Gasteiger partial charge in [-0.25, -0.2) is 4.79 Å². The third kappa shape index (κ3) is 3.47. The predicted octanol–water partition coefficient (Wildman–Crippen LogP) is 2.02. The SMILES string of the molecule is CC(NC(=O)c1ccn(C(C)C(=O)O)n1)c1ccccc1. The van der Waals surface area contributed by atoms with Crippen LogP contribution in [0.25, 0.3) is 0 Å². The fraction of sp³-hybridized carbons (Fsp3) is 0.267. The number of carboxylic acids is 1. The number of amides is 1. The van der Waals surface area contributed by atoms with Gasteiger partial charge in [0.2, 0.25) is 0 Å². The minimum atomic E-state index is -0.997. The number of nitrogens with one attached hydrogen (secondary N) is 1. The summed E-state index contributed by atoms with van der Waals surface area (Å²) in [6.07, 6.45) is 1.49. The fourth-order valence-corrected chi connectivity index (χ4v) is 1.88. The van der Waals surface area contributed by atoms with Gasteiger partial charge in [-0.2, -0.15) is 5.10 Å². The summed E-state index contributed by atoms with van der Waals surface area (Å²) in [5.41, 5.74) is 1.19. The van der Waals surface area contributed by atoms with Crippen molar-refractivity contribution in [2.45, 2.75) is 25.9 Å². The van der Waals surface area contributed by atoms with Crippen molar-refractivity contribution in [3.8, 4) is 0 Å². The zero-order valence-corrected chi connectivity index (χ0v) is 11.9. The van der Waals surface area contributed by atoms with Crippen LogP contribution in [0.5, 0.6) is 0 Å². The zero-order chi connectivity index (χ0) is 15.4. The van der Waals surface area contributed by atoms with Crippen molar-refractivity contribution in [3.63, 3.8) is 0 Å². The molecular weight excluding hydrogens is 270 g/mol. The van der Waals surface area contributed by atoms with Gasteiger partial charge in [-0.05, 0) is 25.5 Å². The molecule has 0 aliphatic carbocycles. The van der Waals surface area contributed by atoms with Gasteiger partial charge in [-0.3, -0.25) is 9.48 Å². The molecule has 1 aromatic heterocycles. The van der Waals surface area contributed by atoms with E-state index in [0.29, 0.717) is 0 Å². The molecule has 0 bridgehead atoms. The van der Waals surface area contributed by atoms with Crippen molar-refractivity contribution >= 4 is 11.9 Å². The maximum Gasteiger partial charge on any atom is 0.328 e. The van der Waals surface area contributed by atoms with E-state index >= 15 is 0 Å². The van der Waals surface area contributed by atoms with Gasteiger partial charge >= 0.3 is 5.97 Å². The summed E-state index contributed by atoms with van der Waals surface area (Å²) in [6, 6.07) is 10.1. The Morgan fingerprint density at radius 3 is 2.48 bits per heavy atom. The highest BCUT2D eigenvalue weighted by atomic mass is 16.4. The Labute approximate surface area is 122 Å². The molecule has 0 aliphatic rings. The second-order valence-electron chi connectivity index (χ2n) is 4.80. The van der Waals surface area contributed by atoms with E-state index in [-0.39, 0.29) is 17.6 Å². The summed E-state index contributed by atoms with van der Waals surface area (Å²) in [4.78, 5) is 23.0. The molecule has 2 rings (SSSR count). The largest absolute Gasteiger partial charge is 0.480 e. The third-order valence-corrected chi connectivity index (χ3v) is 3.24. The highest BCUT2D eigenvalue weighted by Gasteiger charge is 2.18. The average molecular weight is 287 g/mol. The Kier molecular flexibility index (Phi) is 4.37. The highest BCUT2D eigenvalue weighted by Crippen LogP contribution is 2.12. The number of aromatic nitrogens is 2. The Morgan fingerprint density at radius 1 is 1.19 bits per heavy atom. The maximum absolute atomic E-state index is 12.1. The number of nitrogens with zero attached hydrogens (tertiary/aromatic N) is 2. The Hall–Kier alpha value is -2.63. The number of carboxylic acid groups (broad SMARTS) is 1. The third-order valence-electron chi connectivity index (χ3n) is 3.24. The summed E-state index contributed by atoms with van der Waals surface area (Å²) in [6.45, 7) is 3.38. The predicted molar refractivity (Wildman–Crippen MR) is 76.9 cm³/mol. The van der Waals surface area contributed by atoms with E-state index in [1.54, 1.807) is 0 Å². The first-order valence-corrected chi connectivity index (χ1v) is 6.63. The molecule has 1 heterocycles. The summed E-state index contributed by atoms with van der Waals surface area (Å²) < 4.78 is 1.25. The van der Waals surface area contributed by atoms with E-state index in [9.17, 15) is 9.59 Å². The van der Waals surface area contributed by atoms with E-state index in [1.165, 1.54) is 23.9 Å². The molecule has 0 aliphatic heterocycles. The topological polar surface area (TPSA) is 84.2 Å². The number of benzene rings is 1. The van der Waals surface area contributed by atoms with Crippen molar-refractivity contribution in [1.82, 2.24) is 15.1 Å². The lowest BCUT2D eigenvalue weighted by molar-refractivity contribution is -0.140. The Bertz CT molecular complexity index is 637. The number of hydrogen-bond donors (Lipinski definition) is 2. The van der Waals surface area contributed by atoms with Crippen LogP contribution in [-0.4, -0.2) is 26.8 Å². The van der Waals surface area contributed by atoms with Crippen molar-refractivity contribution in [2.24, 2.45) is 0 Å². The van der Waals surface area contributed by atoms with E-state index < -0.39 is 12.0 Å². The normalized spacial score (nSPS) is 13.4. The number of rotatable bonds is 5. The molecule has 2 aromatic rings. The van der Waals surface area contributed by atoms with Gasteiger partial charge in [0, 0.05) is 6.20 Å². The van der Waals surface area contributed by atoms with E-state index in [4.69, 9.17) is 5.11 Å². The Morgan fingerprint density at radius 2 is 1.86 bits per heavy atom. The average Bonchev–Trinajstić information content (AvgIpc) is 2.97. The van der Waals surface area contributed by atoms with E-state index in [2.05, 4.69) is 10.4 Å². The zero-order valence-electron chi connectivity index (χ0n) is 11.9. The van der Waals surface area contributed by atoms with Gasteiger partial charge < -0.3 is 10.4 Å². The van der Waals surface area contributed by atoms with Crippen molar-refractivity contribution in [1.29, 1.82) is 0 Å². The molecule has 0 spiro atoms. The number of carbonyl (C=O) groups excluding carboxylic acids is 1. The number of aliphatic carboxylic acids is 1. The molecule has 6 nitrogen and oxygen atoms in total. The summed E-state index contributed by atoms with van der Waals surface area (Å²) in [7, 11) is 0. The number of hydrogen-bond acceptors (Lipinski definition) is 3. The molecular formula is C15H17N3O3. The van der Waals surface area contributed by atoms with Crippen LogP contribution in [0.15, 0.2) is 42.6 Å². The minimum absolute atomic E-state index is 0.152. The molecule has 2 N–H and O–H groups in total. The maximum atomic E-state index is 12.1.